The number of halogens is 1. The number of phenolic OH excluding ortho intramolecular Hbond substituents is 1. The van der Waals surface area contributed by atoms with E-state index in [9.17, 15) is 9.90 Å². The van der Waals surface area contributed by atoms with Gasteiger partial charge in [-0.05, 0) is 54.1 Å². The summed E-state index contributed by atoms with van der Waals surface area (Å²) in [5.41, 5.74) is 2.13. The number of aromatic hydroxyl groups is 1. The number of para-hydroxylation sites is 1. The lowest BCUT2D eigenvalue weighted by Gasteiger charge is -2.03. The highest BCUT2D eigenvalue weighted by atomic mass is 35.5. The van der Waals surface area contributed by atoms with Crippen molar-refractivity contribution in [3.63, 3.8) is 0 Å². The molecular formula is C17H13ClN2O2S. The average molecular weight is 345 g/mol. The molecule has 2 N–H and O–H groups in total. The van der Waals surface area contributed by atoms with Crippen LogP contribution in [-0.4, -0.2) is 16.2 Å². The fourth-order valence-electron chi connectivity index (χ4n) is 2.12. The van der Waals surface area contributed by atoms with Gasteiger partial charge in [-0.15, -0.1) is 0 Å². The second-order valence-electron chi connectivity index (χ2n) is 4.98. The molecule has 0 unspecified atom stereocenters. The number of amidine groups is 1. The van der Waals surface area contributed by atoms with Crippen molar-refractivity contribution in [3.05, 3.63) is 63.5 Å². The number of phenols is 1. The van der Waals surface area contributed by atoms with Crippen LogP contribution in [0.2, 0.25) is 5.02 Å². The number of aliphatic imine (C=N–C) groups is 1. The Morgan fingerprint density at radius 2 is 2.04 bits per heavy atom. The summed E-state index contributed by atoms with van der Waals surface area (Å²) in [4.78, 5) is 16.9. The van der Waals surface area contributed by atoms with Crippen molar-refractivity contribution in [2.75, 3.05) is 0 Å². The zero-order valence-electron chi connectivity index (χ0n) is 12.2. The van der Waals surface area contributed by atoms with Crippen LogP contribution in [0.25, 0.3) is 6.08 Å². The molecule has 6 heteroatoms. The molecule has 4 nitrogen and oxygen atoms in total. The van der Waals surface area contributed by atoms with Crippen LogP contribution >= 0.6 is 23.4 Å². The van der Waals surface area contributed by atoms with Crippen molar-refractivity contribution < 1.29 is 9.90 Å². The van der Waals surface area contributed by atoms with Gasteiger partial charge in [0, 0.05) is 5.02 Å². The second-order valence-corrected chi connectivity index (χ2v) is 6.45. The van der Waals surface area contributed by atoms with Crippen molar-refractivity contribution in [2.45, 2.75) is 6.92 Å². The Labute approximate surface area is 142 Å². The van der Waals surface area contributed by atoms with Crippen LogP contribution < -0.4 is 5.32 Å². The molecule has 1 saturated heterocycles. The molecule has 0 aromatic heterocycles. The lowest BCUT2D eigenvalue weighted by molar-refractivity contribution is -0.115. The third-order valence-electron chi connectivity index (χ3n) is 3.23. The SMILES string of the molecule is Cc1cccc(O)c1N=C1NC(=O)/C(=C/c2cccc(Cl)c2)S1. The Balaban J connectivity index is 1.89. The molecule has 1 aliphatic rings. The van der Waals surface area contributed by atoms with Gasteiger partial charge >= 0.3 is 0 Å². The molecule has 3 rings (SSSR count). The number of carbonyl (C=O) groups excluding carboxylic acids is 1. The number of benzene rings is 2. The smallest absolute Gasteiger partial charge is 0.264 e. The Kier molecular flexibility index (Phi) is 4.41. The number of nitrogens with one attached hydrogen (secondary N) is 1. The van der Waals surface area contributed by atoms with Crippen LogP contribution in [-0.2, 0) is 4.79 Å². The molecule has 0 spiro atoms. The normalized spacial score (nSPS) is 17.7. The van der Waals surface area contributed by atoms with Crippen molar-refractivity contribution in [1.82, 2.24) is 5.32 Å². The highest BCUT2D eigenvalue weighted by Crippen LogP contribution is 2.33. The van der Waals surface area contributed by atoms with Gasteiger partial charge in [-0.25, -0.2) is 4.99 Å². The van der Waals surface area contributed by atoms with Crippen molar-refractivity contribution in [3.8, 4) is 5.75 Å². The first-order chi connectivity index (χ1) is 11.0. The summed E-state index contributed by atoms with van der Waals surface area (Å²) in [7, 11) is 0. The first-order valence-electron chi connectivity index (χ1n) is 6.86. The summed E-state index contributed by atoms with van der Waals surface area (Å²) < 4.78 is 0. The van der Waals surface area contributed by atoms with Gasteiger partial charge in [0.15, 0.2) is 5.17 Å². The summed E-state index contributed by atoms with van der Waals surface area (Å²) in [6.45, 7) is 1.85. The van der Waals surface area contributed by atoms with Gasteiger partial charge in [0.2, 0.25) is 0 Å². The van der Waals surface area contributed by atoms with E-state index in [1.165, 1.54) is 11.8 Å². The molecule has 0 bridgehead atoms. The molecule has 116 valence electrons. The van der Waals surface area contributed by atoms with Gasteiger partial charge in [0.05, 0.1) is 4.91 Å². The zero-order chi connectivity index (χ0) is 16.4. The molecule has 23 heavy (non-hydrogen) atoms. The molecular weight excluding hydrogens is 332 g/mol. The van der Waals surface area contributed by atoms with Gasteiger partial charge in [-0.1, -0.05) is 35.9 Å². The number of hydrogen-bond donors (Lipinski definition) is 2. The van der Waals surface area contributed by atoms with E-state index in [1.807, 2.05) is 25.1 Å². The largest absolute Gasteiger partial charge is 0.506 e. The van der Waals surface area contributed by atoms with Crippen LogP contribution in [0.4, 0.5) is 5.69 Å². The summed E-state index contributed by atoms with van der Waals surface area (Å²) in [5.74, 6) is -0.138. The lowest BCUT2D eigenvalue weighted by Crippen LogP contribution is -2.19. The molecule has 1 heterocycles. The molecule has 0 saturated carbocycles. The van der Waals surface area contributed by atoms with E-state index in [4.69, 9.17) is 11.6 Å². The maximum Gasteiger partial charge on any atom is 0.264 e. The number of thioether (sulfide) groups is 1. The van der Waals surface area contributed by atoms with Gasteiger partial charge in [0.1, 0.15) is 11.4 Å². The van der Waals surface area contributed by atoms with Crippen LogP contribution in [0.15, 0.2) is 52.4 Å². The van der Waals surface area contributed by atoms with Crippen molar-refractivity contribution in [2.24, 2.45) is 4.99 Å². The van der Waals surface area contributed by atoms with E-state index in [0.717, 1.165) is 11.1 Å². The summed E-state index contributed by atoms with van der Waals surface area (Å²) in [6.07, 6.45) is 1.76. The monoisotopic (exact) mass is 344 g/mol. The minimum absolute atomic E-state index is 0.0830. The molecule has 0 aliphatic carbocycles. The van der Waals surface area contributed by atoms with E-state index in [0.29, 0.717) is 20.8 Å². The predicted molar refractivity (Wildman–Crippen MR) is 95.1 cm³/mol. The lowest BCUT2D eigenvalue weighted by atomic mass is 10.2. The van der Waals surface area contributed by atoms with Crippen LogP contribution in [0.5, 0.6) is 5.75 Å². The molecule has 2 aromatic carbocycles. The van der Waals surface area contributed by atoms with E-state index < -0.39 is 0 Å². The third-order valence-corrected chi connectivity index (χ3v) is 4.37. The van der Waals surface area contributed by atoms with Gasteiger partial charge in [-0.2, -0.15) is 0 Å². The van der Waals surface area contributed by atoms with E-state index in [-0.39, 0.29) is 11.7 Å². The molecule has 1 aliphatic heterocycles. The number of nitrogens with zero attached hydrogens (tertiary/aromatic N) is 1. The van der Waals surface area contributed by atoms with Gasteiger partial charge in [-0.3, -0.25) is 4.79 Å². The number of hydrogen-bond acceptors (Lipinski definition) is 4. The Morgan fingerprint density at radius 1 is 1.26 bits per heavy atom. The Bertz CT molecular complexity index is 826. The van der Waals surface area contributed by atoms with E-state index in [1.54, 1.807) is 30.3 Å². The summed E-state index contributed by atoms with van der Waals surface area (Å²) >= 11 is 7.18. The minimum Gasteiger partial charge on any atom is -0.506 e. The molecule has 2 aromatic rings. The van der Waals surface area contributed by atoms with Crippen molar-refractivity contribution in [1.29, 1.82) is 0 Å². The van der Waals surface area contributed by atoms with Gasteiger partial charge < -0.3 is 10.4 Å². The maximum absolute atomic E-state index is 12.1. The Hall–Kier alpha value is -2.24. The third kappa shape index (κ3) is 3.57. The first kappa shape index (κ1) is 15.6. The molecule has 0 atom stereocenters. The van der Waals surface area contributed by atoms with E-state index in [2.05, 4.69) is 10.3 Å². The van der Waals surface area contributed by atoms with Crippen LogP contribution in [0.1, 0.15) is 11.1 Å². The summed E-state index contributed by atoms with van der Waals surface area (Å²) in [5, 5.41) is 13.6. The van der Waals surface area contributed by atoms with Crippen LogP contribution in [0.3, 0.4) is 0 Å². The average Bonchev–Trinajstić information content (AvgIpc) is 2.83. The molecule has 1 amide bonds. The number of aryl methyl sites for hydroxylation is 1. The summed E-state index contributed by atoms with van der Waals surface area (Å²) in [6, 6.07) is 12.4. The number of rotatable bonds is 2. The molecule has 0 radical (unpaired) electrons. The second kappa shape index (κ2) is 6.48. The highest BCUT2D eigenvalue weighted by Gasteiger charge is 2.24. The minimum atomic E-state index is -0.221. The van der Waals surface area contributed by atoms with E-state index >= 15 is 0 Å². The fraction of sp³-hybridized carbons (Fsp3) is 0.0588. The number of carbonyl (C=O) groups is 1. The molecule has 1 fully saturated rings. The maximum atomic E-state index is 12.1. The Morgan fingerprint density at radius 3 is 2.78 bits per heavy atom. The van der Waals surface area contributed by atoms with Crippen LogP contribution in [0, 0.1) is 6.92 Å². The topological polar surface area (TPSA) is 61.7 Å². The predicted octanol–water partition coefficient (Wildman–Crippen LogP) is 4.25. The van der Waals surface area contributed by atoms with Crippen molar-refractivity contribution >= 4 is 46.2 Å². The first-order valence-corrected chi connectivity index (χ1v) is 8.06. The zero-order valence-corrected chi connectivity index (χ0v) is 13.8. The highest BCUT2D eigenvalue weighted by molar-refractivity contribution is 8.18. The number of amides is 1. The fourth-order valence-corrected chi connectivity index (χ4v) is 3.15. The quantitative estimate of drug-likeness (QED) is 0.801. The standard InChI is InChI=1S/C17H13ClN2O2S/c1-10-4-2-7-13(21)15(10)19-17-20-16(22)14(23-17)9-11-5-3-6-12(18)8-11/h2-9,21H,1H3,(H,19,20,22)/b14-9-. The van der Waals surface area contributed by atoms with Gasteiger partial charge in [0.25, 0.3) is 5.91 Å².